The van der Waals surface area contributed by atoms with Crippen LogP contribution >= 0.6 is 0 Å². The monoisotopic (exact) mass is 426 g/mol. The molecule has 2 heterocycles. The number of hydrogen-bond donors (Lipinski definition) is 2. The van der Waals surface area contributed by atoms with E-state index in [2.05, 4.69) is 10.6 Å². The summed E-state index contributed by atoms with van der Waals surface area (Å²) in [7, 11) is 0. The van der Waals surface area contributed by atoms with Gasteiger partial charge in [-0.05, 0) is 35.4 Å². The Morgan fingerprint density at radius 2 is 1.59 bits per heavy atom. The molecule has 3 aromatic rings. The number of urea groups is 1. The van der Waals surface area contributed by atoms with Crippen LogP contribution in [0.1, 0.15) is 10.4 Å². The zero-order chi connectivity index (χ0) is 22.1. The molecular weight excluding hydrogens is 404 g/mol. The number of carbonyl (C=O) groups is 3. The highest BCUT2D eigenvalue weighted by Crippen LogP contribution is 2.30. The Balaban J connectivity index is 1.38. The Hall–Kier alpha value is -4.13. The lowest BCUT2D eigenvalue weighted by atomic mass is 10.0. The SMILES string of the molecule is O=C1Nc2ccc(-c3ccccc3)cc2C(=O)N2CCN(C(=O)Nc3ccccc3)CC12. The number of carbonyl (C=O) groups excluding carboxylic acids is 3. The molecule has 160 valence electrons. The fourth-order valence-electron chi connectivity index (χ4n) is 4.17. The van der Waals surface area contributed by atoms with Crippen molar-refractivity contribution in [3.8, 4) is 11.1 Å². The minimum absolute atomic E-state index is 0.135. The number of para-hydroxylation sites is 1. The number of anilines is 2. The highest BCUT2D eigenvalue weighted by molar-refractivity contribution is 6.11. The van der Waals surface area contributed by atoms with Crippen molar-refractivity contribution in [1.29, 1.82) is 0 Å². The van der Waals surface area contributed by atoms with Crippen molar-refractivity contribution in [1.82, 2.24) is 9.80 Å². The summed E-state index contributed by atoms with van der Waals surface area (Å²) in [5.74, 6) is -0.494. The molecule has 0 saturated carbocycles. The van der Waals surface area contributed by atoms with Gasteiger partial charge >= 0.3 is 6.03 Å². The topological polar surface area (TPSA) is 81.8 Å². The summed E-state index contributed by atoms with van der Waals surface area (Å²) in [6, 6.07) is 23.4. The Kier molecular flexibility index (Phi) is 5.07. The molecule has 0 bridgehead atoms. The molecule has 32 heavy (non-hydrogen) atoms. The summed E-state index contributed by atoms with van der Waals surface area (Å²) < 4.78 is 0. The third-order valence-corrected chi connectivity index (χ3v) is 5.87. The van der Waals surface area contributed by atoms with Crippen LogP contribution in [0.4, 0.5) is 16.2 Å². The van der Waals surface area contributed by atoms with Crippen LogP contribution in [0, 0.1) is 0 Å². The normalized spacial score (nSPS) is 17.7. The van der Waals surface area contributed by atoms with E-state index in [1.807, 2.05) is 60.7 Å². The molecule has 7 heteroatoms. The van der Waals surface area contributed by atoms with Crippen molar-refractivity contribution in [2.45, 2.75) is 6.04 Å². The maximum atomic E-state index is 13.4. The number of fused-ring (bicyclic) bond motifs is 2. The summed E-state index contributed by atoms with van der Waals surface area (Å²) in [6.07, 6.45) is 0. The maximum absolute atomic E-state index is 13.4. The lowest BCUT2D eigenvalue weighted by Gasteiger charge is -2.39. The molecule has 0 aromatic heterocycles. The van der Waals surface area contributed by atoms with Crippen LogP contribution in [0.15, 0.2) is 78.9 Å². The number of hydrogen-bond acceptors (Lipinski definition) is 3. The standard InChI is InChI=1S/C25H22N4O3/c30-23-22-16-28(25(32)26-19-9-5-2-6-10-19)13-14-29(22)24(31)20-15-18(11-12-21(20)27-23)17-7-3-1-4-8-17/h1-12,15,22H,13-14,16H2,(H,26,32)(H,27,30). The molecule has 1 unspecified atom stereocenters. The number of amides is 4. The number of nitrogens with one attached hydrogen (secondary N) is 2. The molecule has 2 N–H and O–H groups in total. The van der Waals surface area contributed by atoms with Crippen molar-refractivity contribution in [3.63, 3.8) is 0 Å². The average Bonchev–Trinajstić information content (AvgIpc) is 2.94. The minimum atomic E-state index is -0.745. The van der Waals surface area contributed by atoms with Crippen molar-refractivity contribution < 1.29 is 14.4 Å². The summed E-state index contributed by atoms with van der Waals surface area (Å²) in [6.45, 7) is 0.770. The van der Waals surface area contributed by atoms with Crippen LogP contribution in [0.3, 0.4) is 0 Å². The summed E-state index contributed by atoms with van der Waals surface area (Å²) in [4.78, 5) is 42.2. The molecule has 0 radical (unpaired) electrons. The van der Waals surface area contributed by atoms with Gasteiger partial charge in [-0.15, -0.1) is 0 Å². The highest BCUT2D eigenvalue weighted by atomic mass is 16.2. The Bertz CT molecular complexity index is 1180. The molecular formula is C25H22N4O3. The third-order valence-electron chi connectivity index (χ3n) is 5.87. The molecule has 4 amide bonds. The largest absolute Gasteiger partial charge is 0.323 e. The van der Waals surface area contributed by atoms with Crippen LogP contribution in [0.2, 0.25) is 0 Å². The molecule has 1 atom stereocenters. The van der Waals surface area contributed by atoms with Crippen LogP contribution in [0.25, 0.3) is 11.1 Å². The Morgan fingerprint density at radius 3 is 2.34 bits per heavy atom. The fourth-order valence-corrected chi connectivity index (χ4v) is 4.17. The molecule has 2 aliphatic rings. The van der Waals surface area contributed by atoms with E-state index >= 15 is 0 Å². The third kappa shape index (κ3) is 3.69. The zero-order valence-electron chi connectivity index (χ0n) is 17.3. The predicted molar refractivity (Wildman–Crippen MR) is 122 cm³/mol. The summed E-state index contributed by atoms with van der Waals surface area (Å²) >= 11 is 0. The van der Waals surface area contributed by atoms with Crippen LogP contribution in [0.5, 0.6) is 0 Å². The van der Waals surface area contributed by atoms with Gasteiger partial charge in [0, 0.05) is 18.8 Å². The van der Waals surface area contributed by atoms with E-state index in [1.54, 1.807) is 28.0 Å². The molecule has 5 rings (SSSR count). The van der Waals surface area contributed by atoms with E-state index in [0.717, 1.165) is 11.1 Å². The van der Waals surface area contributed by atoms with Gasteiger partial charge < -0.3 is 20.4 Å². The smallest absolute Gasteiger partial charge is 0.321 e. The van der Waals surface area contributed by atoms with Gasteiger partial charge in [0.25, 0.3) is 5.91 Å². The molecule has 0 spiro atoms. The van der Waals surface area contributed by atoms with E-state index < -0.39 is 6.04 Å². The van der Waals surface area contributed by atoms with E-state index in [0.29, 0.717) is 23.5 Å². The van der Waals surface area contributed by atoms with Crippen molar-refractivity contribution in [3.05, 3.63) is 84.4 Å². The molecule has 3 aromatic carbocycles. The first-order chi connectivity index (χ1) is 15.6. The number of benzene rings is 3. The molecule has 0 aliphatic carbocycles. The number of nitrogens with zero attached hydrogens (tertiary/aromatic N) is 2. The van der Waals surface area contributed by atoms with E-state index in [4.69, 9.17) is 0 Å². The second-order valence-corrected chi connectivity index (χ2v) is 7.87. The van der Waals surface area contributed by atoms with Gasteiger partial charge in [0.1, 0.15) is 6.04 Å². The Labute approximate surface area is 185 Å². The van der Waals surface area contributed by atoms with Crippen molar-refractivity contribution >= 4 is 29.2 Å². The fraction of sp³-hybridized carbons (Fsp3) is 0.160. The van der Waals surface area contributed by atoms with Gasteiger partial charge in [-0.1, -0.05) is 54.6 Å². The first-order valence-corrected chi connectivity index (χ1v) is 10.5. The number of piperazine rings is 1. The van der Waals surface area contributed by atoms with Crippen LogP contribution in [-0.2, 0) is 4.79 Å². The van der Waals surface area contributed by atoms with Gasteiger partial charge in [0.2, 0.25) is 5.91 Å². The van der Waals surface area contributed by atoms with Crippen molar-refractivity contribution in [2.24, 2.45) is 0 Å². The van der Waals surface area contributed by atoms with E-state index in [-0.39, 0.29) is 30.9 Å². The first kappa shape index (κ1) is 19.8. The van der Waals surface area contributed by atoms with Crippen molar-refractivity contribution in [2.75, 3.05) is 30.3 Å². The lowest BCUT2D eigenvalue weighted by molar-refractivity contribution is -0.121. The minimum Gasteiger partial charge on any atom is -0.323 e. The molecule has 7 nitrogen and oxygen atoms in total. The maximum Gasteiger partial charge on any atom is 0.321 e. The van der Waals surface area contributed by atoms with E-state index in [9.17, 15) is 14.4 Å². The second kappa shape index (κ2) is 8.19. The molecule has 1 fully saturated rings. The van der Waals surface area contributed by atoms with Gasteiger partial charge in [0.15, 0.2) is 0 Å². The highest BCUT2D eigenvalue weighted by Gasteiger charge is 2.40. The molecule has 2 aliphatic heterocycles. The zero-order valence-corrected chi connectivity index (χ0v) is 17.3. The lowest BCUT2D eigenvalue weighted by Crippen LogP contribution is -2.60. The van der Waals surface area contributed by atoms with Gasteiger partial charge in [-0.25, -0.2) is 4.79 Å². The molecule has 1 saturated heterocycles. The average molecular weight is 426 g/mol. The van der Waals surface area contributed by atoms with Gasteiger partial charge in [-0.2, -0.15) is 0 Å². The summed E-state index contributed by atoms with van der Waals surface area (Å²) in [5.41, 5.74) is 3.55. The van der Waals surface area contributed by atoms with Crippen LogP contribution in [-0.4, -0.2) is 53.3 Å². The summed E-state index contributed by atoms with van der Waals surface area (Å²) in [5, 5.41) is 5.72. The van der Waals surface area contributed by atoms with Gasteiger partial charge in [0.05, 0.1) is 17.8 Å². The first-order valence-electron chi connectivity index (χ1n) is 10.5. The second-order valence-electron chi connectivity index (χ2n) is 7.87. The Morgan fingerprint density at radius 1 is 0.875 bits per heavy atom. The predicted octanol–water partition coefficient (Wildman–Crippen LogP) is 3.66. The quantitative estimate of drug-likeness (QED) is 0.656. The van der Waals surface area contributed by atoms with Crippen LogP contribution < -0.4 is 10.6 Å². The van der Waals surface area contributed by atoms with E-state index in [1.165, 1.54) is 0 Å². The number of rotatable bonds is 2. The van der Waals surface area contributed by atoms with Gasteiger partial charge in [-0.3, -0.25) is 9.59 Å².